The van der Waals surface area contributed by atoms with Gasteiger partial charge in [0, 0.05) is 23.5 Å². The molecule has 0 fully saturated rings. The molecular weight excluding hydrogens is 460 g/mol. The summed E-state index contributed by atoms with van der Waals surface area (Å²) >= 11 is 6.44. The molecule has 0 saturated carbocycles. The molecule has 0 unspecified atom stereocenters. The predicted molar refractivity (Wildman–Crippen MR) is 141 cm³/mol. The molecule has 0 spiro atoms. The smallest absolute Gasteiger partial charge is 0.261 e. The zero-order valence-corrected chi connectivity index (χ0v) is 21.5. The van der Waals surface area contributed by atoms with Gasteiger partial charge < -0.3 is 15.0 Å². The van der Waals surface area contributed by atoms with Gasteiger partial charge in [-0.15, -0.1) is 0 Å². The minimum absolute atomic E-state index is 0.185. The number of aryl methyl sites for hydroxylation is 1. The van der Waals surface area contributed by atoms with E-state index in [2.05, 4.69) is 5.32 Å². The van der Waals surface area contributed by atoms with Crippen LogP contribution in [0.5, 0.6) is 5.75 Å². The van der Waals surface area contributed by atoms with Crippen LogP contribution in [0.4, 0.5) is 0 Å². The third kappa shape index (κ3) is 8.15. The van der Waals surface area contributed by atoms with E-state index in [1.54, 1.807) is 11.0 Å². The monoisotopic (exact) mass is 492 g/mol. The van der Waals surface area contributed by atoms with Crippen LogP contribution in [-0.4, -0.2) is 34.9 Å². The van der Waals surface area contributed by atoms with Gasteiger partial charge in [0.1, 0.15) is 11.8 Å². The van der Waals surface area contributed by atoms with Crippen molar-refractivity contribution >= 4 is 23.4 Å². The number of carbonyl (C=O) groups is 2. The van der Waals surface area contributed by atoms with Gasteiger partial charge in [0.25, 0.3) is 5.91 Å². The number of hydrogen-bond acceptors (Lipinski definition) is 3. The van der Waals surface area contributed by atoms with Crippen molar-refractivity contribution in [2.24, 2.45) is 0 Å². The number of halogens is 1. The highest BCUT2D eigenvalue weighted by Gasteiger charge is 2.32. The van der Waals surface area contributed by atoms with E-state index in [0.717, 1.165) is 16.7 Å². The van der Waals surface area contributed by atoms with Gasteiger partial charge in [-0.1, -0.05) is 77.8 Å². The van der Waals surface area contributed by atoms with Crippen molar-refractivity contribution in [3.8, 4) is 5.75 Å². The number of ether oxygens (including phenoxy) is 1. The molecule has 0 aliphatic rings. The normalized spacial score (nSPS) is 12.0. The third-order valence-electron chi connectivity index (χ3n) is 5.45. The summed E-state index contributed by atoms with van der Waals surface area (Å²) in [6, 6.07) is 23.8. The summed E-state index contributed by atoms with van der Waals surface area (Å²) in [7, 11) is 0. The minimum Gasteiger partial charge on any atom is -0.484 e. The topological polar surface area (TPSA) is 58.6 Å². The van der Waals surface area contributed by atoms with Crippen LogP contribution >= 0.6 is 11.6 Å². The molecule has 0 bridgehead atoms. The Hall–Kier alpha value is -3.31. The van der Waals surface area contributed by atoms with E-state index in [1.807, 2.05) is 100 Å². The van der Waals surface area contributed by atoms with E-state index in [4.69, 9.17) is 16.3 Å². The Morgan fingerprint density at radius 3 is 2.20 bits per heavy atom. The highest BCUT2D eigenvalue weighted by atomic mass is 35.5. The molecule has 0 saturated heterocycles. The second-order valence-electron chi connectivity index (χ2n) is 9.66. The van der Waals surface area contributed by atoms with Crippen molar-refractivity contribution in [2.75, 3.05) is 6.61 Å². The molecule has 0 aliphatic carbocycles. The van der Waals surface area contributed by atoms with Gasteiger partial charge in [0.05, 0.1) is 0 Å². The number of benzene rings is 3. The fourth-order valence-electron chi connectivity index (χ4n) is 3.68. The molecule has 0 heterocycles. The Morgan fingerprint density at radius 1 is 0.943 bits per heavy atom. The quantitative estimate of drug-likeness (QED) is 0.424. The van der Waals surface area contributed by atoms with Crippen LogP contribution in [0, 0.1) is 6.92 Å². The molecule has 5 nitrogen and oxygen atoms in total. The van der Waals surface area contributed by atoms with E-state index in [0.29, 0.717) is 17.2 Å². The summed E-state index contributed by atoms with van der Waals surface area (Å²) in [6.07, 6.45) is 0.365. The maximum Gasteiger partial charge on any atom is 0.261 e. The zero-order chi connectivity index (χ0) is 25.4. The van der Waals surface area contributed by atoms with E-state index in [9.17, 15) is 9.59 Å². The standard InChI is InChI=1S/C29H33ClN2O3/c1-21-14-16-24(17-15-21)35-20-27(33)32(19-23-12-8-9-13-25(23)30)26(28(34)31-29(2,3)4)18-22-10-6-5-7-11-22/h5-17,26H,18-20H2,1-4H3,(H,31,34)/t26-/m1/s1. The van der Waals surface area contributed by atoms with Crippen LogP contribution < -0.4 is 10.1 Å². The van der Waals surface area contributed by atoms with Crippen molar-refractivity contribution in [3.05, 3.63) is 101 Å². The summed E-state index contributed by atoms with van der Waals surface area (Å²) in [6.45, 7) is 7.75. The van der Waals surface area contributed by atoms with Crippen LogP contribution in [0.3, 0.4) is 0 Å². The van der Waals surface area contributed by atoms with E-state index >= 15 is 0 Å². The van der Waals surface area contributed by atoms with Crippen molar-refractivity contribution in [2.45, 2.75) is 52.2 Å². The lowest BCUT2D eigenvalue weighted by Gasteiger charge is -2.34. The molecular formula is C29H33ClN2O3. The Bertz CT molecular complexity index is 1120. The number of amides is 2. The van der Waals surface area contributed by atoms with Crippen molar-refractivity contribution in [3.63, 3.8) is 0 Å². The first-order chi connectivity index (χ1) is 16.6. The van der Waals surface area contributed by atoms with Gasteiger partial charge in [-0.3, -0.25) is 9.59 Å². The molecule has 6 heteroatoms. The average molecular weight is 493 g/mol. The third-order valence-corrected chi connectivity index (χ3v) is 5.82. The average Bonchev–Trinajstić information content (AvgIpc) is 2.81. The highest BCUT2D eigenvalue weighted by Crippen LogP contribution is 2.21. The fourth-order valence-corrected chi connectivity index (χ4v) is 3.87. The molecule has 2 amide bonds. The molecule has 1 atom stereocenters. The minimum atomic E-state index is -0.748. The Labute approximate surface area is 213 Å². The van der Waals surface area contributed by atoms with Crippen LogP contribution in [0.25, 0.3) is 0 Å². The van der Waals surface area contributed by atoms with Gasteiger partial charge in [-0.25, -0.2) is 0 Å². The molecule has 1 N–H and O–H groups in total. The Kier molecular flexibility index (Phi) is 8.94. The lowest BCUT2D eigenvalue weighted by Crippen LogP contribution is -2.55. The van der Waals surface area contributed by atoms with E-state index in [-0.39, 0.29) is 25.0 Å². The number of rotatable bonds is 9. The van der Waals surface area contributed by atoms with Crippen molar-refractivity contribution in [1.29, 1.82) is 0 Å². The van der Waals surface area contributed by atoms with Crippen molar-refractivity contribution < 1.29 is 14.3 Å². The predicted octanol–water partition coefficient (Wildman–Crippen LogP) is 5.58. The first-order valence-corrected chi connectivity index (χ1v) is 12.1. The van der Waals surface area contributed by atoms with Gasteiger partial charge >= 0.3 is 0 Å². The summed E-state index contributed by atoms with van der Waals surface area (Å²) < 4.78 is 5.80. The first kappa shape index (κ1) is 26.3. The molecule has 3 aromatic carbocycles. The molecule has 184 valence electrons. The molecule has 35 heavy (non-hydrogen) atoms. The highest BCUT2D eigenvalue weighted by molar-refractivity contribution is 6.31. The first-order valence-electron chi connectivity index (χ1n) is 11.7. The molecule has 0 radical (unpaired) electrons. The summed E-state index contributed by atoms with van der Waals surface area (Å²) in [4.78, 5) is 28.7. The summed E-state index contributed by atoms with van der Waals surface area (Å²) in [5.41, 5.74) is 2.37. The number of hydrogen-bond donors (Lipinski definition) is 1. The summed E-state index contributed by atoms with van der Waals surface area (Å²) in [5, 5.41) is 3.59. The lowest BCUT2D eigenvalue weighted by atomic mass is 10.0. The number of nitrogens with one attached hydrogen (secondary N) is 1. The van der Waals surface area contributed by atoms with Gasteiger partial charge in [-0.05, 0) is 57.0 Å². The molecule has 0 aromatic heterocycles. The second-order valence-corrected chi connectivity index (χ2v) is 10.1. The molecule has 3 rings (SSSR count). The zero-order valence-electron chi connectivity index (χ0n) is 20.8. The Balaban J connectivity index is 1.93. The summed E-state index contributed by atoms with van der Waals surface area (Å²) in [5.74, 6) is 0.0768. The lowest BCUT2D eigenvalue weighted by molar-refractivity contribution is -0.143. The number of carbonyl (C=O) groups excluding carboxylic acids is 2. The fraction of sp³-hybridized carbons (Fsp3) is 0.310. The molecule has 3 aromatic rings. The number of nitrogens with zero attached hydrogens (tertiary/aromatic N) is 1. The van der Waals surface area contributed by atoms with Gasteiger partial charge in [-0.2, -0.15) is 0 Å². The van der Waals surface area contributed by atoms with Crippen LogP contribution in [-0.2, 0) is 22.6 Å². The van der Waals surface area contributed by atoms with Crippen molar-refractivity contribution in [1.82, 2.24) is 10.2 Å². The maximum atomic E-state index is 13.6. The SMILES string of the molecule is Cc1ccc(OCC(=O)N(Cc2ccccc2Cl)[C@H](Cc2ccccc2)C(=O)NC(C)(C)C)cc1. The van der Waals surface area contributed by atoms with Crippen LogP contribution in [0.15, 0.2) is 78.9 Å². The van der Waals surface area contributed by atoms with Crippen LogP contribution in [0.2, 0.25) is 5.02 Å². The largest absolute Gasteiger partial charge is 0.484 e. The van der Waals surface area contributed by atoms with E-state index in [1.165, 1.54) is 0 Å². The van der Waals surface area contributed by atoms with Gasteiger partial charge in [0.15, 0.2) is 6.61 Å². The van der Waals surface area contributed by atoms with Gasteiger partial charge in [0.2, 0.25) is 5.91 Å². The van der Waals surface area contributed by atoms with E-state index < -0.39 is 11.6 Å². The molecule has 0 aliphatic heterocycles. The maximum absolute atomic E-state index is 13.6. The van der Waals surface area contributed by atoms with Crippen LogP contribution in [0.1, 0.15) is 37.5 Å². The Morgan fingerprint density at radius 2 is 1.57 bits per heavy atom. The second kappa shape index (κ2) is 11.9.